The number of carboxylic acid groups (broad SMARTS) is 1. The Balaban J connectivity index is 1.44. The number of fused-ring (bicyclic) bond motifs is 1. The lowest BCUT2D eigenvalue weighted by atomic mass is 9.77. The van der Waals surface area contributed by atoms with Crippen LogP contribution < -0.4 is 15.4 Å². The molecule has 0 fully saturated rings. The maximum Gasteiger partial charge on any atom is 0.321 e. The molecule has 1 unspecified atom stereocenters. The lowest BCUT2D eigenvalue weighted by Gasteiger charge is -2.26. The van der Waals surface area contributed by atoms with Crippen molar-refractivity contribution in [1.29, 1.82) is 0 Å². The number of thiazole rings is 1. The molecule has 0 aliphatic heterocycles. The molecule has 0 radical (unpaired) electrons. The maximum absolute atomic E-state index is 12.1. The number of aromatic nitrogens is 5. The van der Waals surface area contributed by atoms with Crippen molar-refractivity contribution in [2.24, 2.45) is 5.41 Å². The zero-order chi connectivity index (χ0) is 29.7. The number of amides is 2. The second kappa shape index (κ2) is 12.6. The summed E-state index contributed by atoms with van der Waals surface area (Å²) in [4.78, 5) is 47.0. The number of urea groups is 1. The minimum Gasteiger partial charge on any atom is -0.481 e. The SMILES string of the molecule is CCNC(=O)Nc1nc2cc(-c3cnc(CC4=CCCC(CC)(C(=O)O)CC4)nc3)cc(-c3nccc(OC)n3)c2s1. The molecule has 0 spiro atoms. The number of hydrogen-bond donors (Lipinski definition) is 3. The second-order valence-corrected chi connectivity index (χ2v) is 11.2. The van der Waals surface area contributed by atoms with Crippen molar-refractivity contribution in [2.75, 3.05) is 19.0 Å². The van der Waals surface area contributed by atoms with Gasteiger partial charge >= 0.3 is 12.0 Å². The van der Waals surface area contributed by atoms with Gasteiger partial charge in [-0.15, -0.1) is 0 Å². The first kappa shape index (κ1) is 29.1. The van der Waals surface area contributed by atoms with Gasteiger partial charge in [0, 0.05) is 48.7 Å². The molecule has 1 aliphatic rings. The van der Waals surface area contributed by atoms with E-state index in [0.717, 1.165) is 34.2 Å². The third-order valence-electron chi connectivity index (χ3n) is 7.66. The van der Waals surface area contributed by atoms with Crippen LogP contribution in [-0.4, -0.2) is 55.7 Å². The smallest absolute Gasteiger partial charge is 0.321 e. The summed E-state index contributed by atoms with van der Waals surface area (Å²) in [6.45, 7) is 4.30. The molecule has 12 heteroatoms. The molecule has 0 bridgehead atoms. The number of carboxylic acids is 1. The molecular formula is C30H33N7O4S. The number of aliphatic carboxylic acids is 1. The summed E-state index contributed by atoms with van der Waals surface area (Å²) in [5, 5.41) is 15.7. The number of hydrogen-bond acceptors (Lipinski definition) is 9. The van der Waals surface area contributed by atoms with Gasteiger partial charge in [0.15, 0.2) is 11.0 Å². The fraction of sp³-hybridized carbons (Fsp3) is 0.367. The highest BCUT2D eigenvalue weighted by Crippen LogP contribution is 2.39. The van der Waals surface area contributed by atoms with Gasteiger partial charge in [-0.05, 0) is 56.7 Å². The minimum atomic E-state index is -0.705. The third kappa shape index (κ3) is 6.23. The first-order chi connectivity index (χ1) is 20.3. The first-order valence-corrected chi connectivity index (χ1v) is 14.7. The Hall–Kier alpha value is -4.45. The van der Waals surface area contributed by atoms with E-state index in [-0.39, 0.29) is 6.03 Å². The van der Waals surface area contributed by atoms with E-state index in [2.05, 4.69) is 41.6 Å². The number of carbonyl (C=O) groups is 2. The van der Waals surface area contributed by atoms with Crippen molar-refractivity contribution in [3.05, 3.63) is 54.3 Å². The van der Waals surface area contributed by atoms with Crippen molar-refractivity contribution < 1.29 is 19.4 Å². The molecule has 0 saturated carbocycles. The Morgan fingerprint density at radius 1 is 1.10 bits per heavy atom. The van der Waals surface area contributed by atoms with Crippen LogP contribution in [0.15, 0.2) is 48.4 Å². The van der Waals surface area contributed by atoms with Gasteiger partial charge in [-0.2, -0.15) is 4.98 Å². The molecule has 1 atom stereocenters. The lowest BCUT2D eigenvalue weighted by Crippen LogP contribution is -2.29. The molecule has 5 rings (SSSR count). The third-order valence-corrected chi connectivity index (χ3v) is 8.68. The Labute approximate surface area is 247 Å². The number of rotatable bonds is 9. The minimum absolute atomic E-state index is 0.327. The molecule has 2 amide bonds. The zero-order valence-corrected chi connectivity index (χ0v) is 24.6. The number of methoxy groups -OCH3 is 1. The van der Waals surface area contributed by atoms with Crippen molar-refractivity contribution in [3.8, 4) is 28.4 Å². The van der Waals surface area contributed by atoms with Gasteiger partial charge < -0.3 is 15.2 Å². The molecular weight excluding hydrogens is 554 g/mol. The van der Waals surface area contributed by atoms with E-state index in [1.807, 2.05) is 26.0 Å². The Morgan fingerprint density at radius 2 is 1.90 bits per heavy atom. The number of anilines is 1. The van der Waals surface area contributed by atoms with Crippen molar-refractivity contribution in [2.45, 2.75) is 52.4 Å². The highest BCUT2D eigenvalue weighted by molar-refractivity contribution is 7.22. The largest absolute Gasteiger partial charge is 0.481 e. The van der Waals surface area contributed by atoms with Gasteiger partial charge in [0.2, 0.25) is 5.88 Å². The van der Waals surface area contributed by atoms with E-state index < -0.39 is 11.4 Å². The Bertz CT molecular complexity index is 1640. The molecule has 3 N–H and O–H groups in total. The summed E-state index contributed by atoms with van der Waals surface area (Å²) in [7, 11) is 1.55. The van der Waals surface area contributed by atoms with Crippen LogP contribution in [0, 0.1) is 5.41 Å². The van der Waals surface area contributed by atoms with Crippen LogP contribution in [0.5, 0.6) is 5.88 Å². The Kier molecular flexibility index (Phi) is 8.72. The standard InChI is InChI=1S/C30H33N7O4S/c1-4-30(27(38)39)10-6-7-18(8-11-30)13-23-33-16-20(17-34-23)19-14-21(26-32-12-9-24(36-26)41-3)25-22(15-19)35-29(42-25)37-28(40)31-5-2/h7,9,12,14-17H,4-6,8,10-11,13H2,1-3H3,(H,38,39)(H2,31,35,37,40). The highest BCUT2D eigenvalue weighted by atomic mass is 32.1. The van der Waals surface area contributed by atoms with Gasteiger partial charge in [-0.25, -0.2) is 24.7 Å². The summed E-state index contributed by atoms with van der Waals surface area (Å²) in [5.41, 5.74) is 3.56. The van der Waals surface area contributed by atoms with Gasteiger partial charge in [-0.3, -0.25) is 10.1 Å². The fourth-order valence-electron chi connectivity index (χ4n) is 5.16. The lowest BCUT2D eigenvalue weighted by molar-refractivity contribution is -0.150. The number of carbonyl (C=O) groups excluding carboxylic acids is 1. The summed E-state index contributed by atoms with van der Waals surface area (Å²) in [6.07, 6.45) is 11.3. The van der Waals surface area contributed by atoms with Crippen LogP contribution in [0.25, 0.3) is 32.7 Å². The first-order valence-electron chi connectivity index (χ1n) is 13.9. The van der Waals surface area contributed by atoms with E-state index in [0.29, 0.717) is 60.4 Å². The van der Waals surface area contributed by atoms with E-state index in [1.54, 1.807) is 31.8 Å². The molecule has 218 valence electrons. The van der Waals surface area contributed by atoms with E-state index in [4.69, 9.17) is 4.74 Å². The van der Waals surface area contributed by atoms with Gasteiger partial charge in [0.1, 0.15) is 5.82 Å². The van der Waals surface area contributed by atoms with Gasteiger partial charge in [-0.1, -0.05) is 29.9 Å². The predicted octanol–water partition coefficient (Wildman–Crippen LogP) is 5.88. The van der Waals surface area contributed by atoms with Crippen LogP contribution in [0.4, 0.5) is 9.93 Å². The molecule has 3 heterocycles. The number of benzene rings is 1. The Morgan fingerprint density at radius 3 is 2.62 bits per heavy atom. The molecule has 4 aromatic rings. The summed E-state index contributed by atoms with van der Waals surface area (Å²) in [5.74, 6) is 0.882. The van der Waals surface area contributed by atoms with Gasteiger partial charge in [0.25, 0.3) is 0 Å². The monoisotopic (exact) mass is 587 g/mol. The molecule has 0 saturated heterocycles. The van der Waals surface area contributed by atoms with Crippen LogP contribution in [0.1, 0.15) is 51.8 Å². The second-order valence-electron chi connectivity index (χ2n) is 10.2. The highest BCUT2D eigenvalue weighted by Gasteiger charge is 2.36. The van der Waals surface area contributed by atoms with Crippen LogP contribution in [0.2, 0.25) is 0 Å². The topological polar surface area (TPSA) is 152 Å². The number of allylic oxidation sites excluding steroid dienone is 2. The van der Waals surface area contributed by atoms with Crippen LogP contribution >= 0.6 is 11.3 Å². The average Bonchev–Trinajstić information content (AvgIpc) is 3.28. The number of nitrogens with zero attached hydrogens (tertiary/aromatic N) is 5. The van der Waals surface area contributed by atoms with Gasteiger partial charge in [0.05, 0.1) is 22.7 Å². The predicted molar refractivity (Wildman–Crippen MR) is 162 cm³/mol. The normalized spacial score (nSPS) is 16.9. The van der Waals surface area contributed by atoms with Crippen molar-refractivity contribution in [3.63, 3.8) is 0 Å². The van der Waals surface area contributed by atoms with Crippen LogP contribution in [-0.2, 0) is 11.2 Å². The molecule has 42 heavy (non-hydrogen) atoms. The van der Waals surface area contributed by atoms with Crippen molar-refractivity contribution >= 4 is 38.7 Å². The molecule has 11 nitrogen and oxygen atoms in total. The molecule has 3 aromatic heterocycles. The van der Waals surface area contributed by atoms with Crippen molar-refractivity contribution in [1.82, 2.24) is 30.2 Å². The summed E-state index contributed by atoms with van der Waals surface area (Å²) in [6, 6.07) is 5.25. The average molecular weight is 588 g/mol. The van der Waals surface area contributed by atoms with E-state index >= 15 is 0 Å². The molecule has 1 aliphatic carbocycles. The number of nitrogens with one attached hydrogen (secondary N) is 2. The number of ether oxygens (including phenoxy) is 1. The van der Waals surface area contributed by atoms with E-state index in [1.165, 1.54) is 16.9 Å². The summed E-state index contributed by atoms with van der Waals surface area (Å²) >= 11 is 1.34. The molecule has 1 aromatic carbocycles. The quantitative estimate of drug-likeness (QED) is 0.204. The fourth-order valence-corrected chi connectivity index (χ4v) is 6.11. The van der Waals surface area contributed by atoms with E-state index in [9.17, 15) is 14.7 Å². The van der Waals surface area contributed by atoms with Crippen LogP contribution in [0.3, 0.4) is 0 Å². The zero-order valence-electron chi connectivity index (χ0n) is 23.8. The maximum atomic E-state index is 12.1. The summed E-state index contributed by atoms with van der Waals surface area (Å²) < 4.78 is 6.14.